The maximum absolute atomic E-state index is 13.2. The van der Waals surface area contributed by atoms with Crippen molar-refractivity contribution in [3.8, 4) is 0 Å². The molecule has 0 saturated heterocycles. The van der Waals surface area contributed by atoms with Crippen LogP contribution >= 0.6 is 12.2 Å². The van der Waals surface area contributed by atoms with Crippen molar-refractivity contribution in [1.82, 2.24) is 15.3 Å². The smallest absolute Gasteiger partial charge is 0.229 e. The monoisotopic (exact) mass is 450 g/mol. The number of hydrogen-bond acceptors (Lipinski definition) is 5. The molecule has 0 atom stereocenters. The van der Waals surface area contributed by atoms with Crippen LogP contribution in [0.3, 0.4) is 0 Å². The lowest BCUT2D eigenvalue weighted by molar-refractivity contribution is 0.101. The molecule has 32 heavy (non-hydrogen) atoms. The van der Waals surface area contributed by atoms with Gasteiger partial charge in [-0.1, -0.05) is 12.1 Å². The summed E-state index contributed by atoms with van der Waals surface area (Å²) in [5, 5.41) is 9.40. The lowest BCUT2D eigenvalue weighted by Gasteiger charge is -2.14. The molecular formula is C23H23FN6OS. The molecule has 0 fully saturated rings. The maximum Gasteiger partial charge on any atom is 0.229 e. The molecule has 3 N–H and O–H groups in total. The third kappa shape index (κ3) is 6.92. The molecule has 0 bridgehead atoms. The van der Waals surface area contributed by atoms with Crippen LogP contribution in [0.15, 0.2) is 59.6 Å². The summed E-state index contributed by atoms with van der Waals surface area (Å²) in [5.41, 5.74) is 3.78. The molecule has 0 aliphatic carbocycles. The van der Waals surface area contributed by atoms with E-state index < -0.39 is 0 Å². The van der Waals surface area contributed by atoms with Gasteiger partial charge < -0.3 is 10.6 Å². The Morgan fingerprint density at radius 1 is 1.00 bits per heavy atom. The summed E-state index contributed by atoms with van der Waals surface area (Å²) in [5.74, 6) is 0.391. The number of guanidine groups is 1. The van der Waals surface area contributed by atoms with Crippen molar-refractivity contribution in [2.75, 3.05) is 10.6 Å². The molecule has 0 amide bonds. The number of halogens is 1. The van der Waals surface area contributed by atoms with E-state index in [-0.39, 0.29) is 23.3 Å². The number of hydrogen-bond donors (Lipinski definition) is 3. The number of rotatable bonds is 5. The summed E-state index contributed by atoms with van der Waals surface area (Å²) in [7, 11) is 0. The van der Waals surface area contributed by atoms with E-state index in [1.165, 1.54) is 19.1 Å². The Labute approximate surface area is 191 Å². The molecule has 1 heterocycles. The zero-order valence-electron chi connectivity index (χ0n) is 17.9. The van der Waals surface area contributed by atoms with Crippen LogP contribution in [0.1, 0.15) is 34.2 Å². The van der Waals surface area contributed by atoms with Gasteiger partial charge in [0.15, 0.2) is 10.9 Å². The lowest BCUT2D eigenvalue weighted by Crippen LogP contribution is -2.39. The highest BCUT2D eigenvalue weighted by Crippen LogP contribution is 2.10. The van der Waals surface area contributed by atoms with Gasteiger partial charge in [-0.25, -0.2) is 19.4 Å². The Kier molecular flexibility index (Phi) is 7.56. The average molecular weight is 451 g/mol. The van der Waals surface area contributed by atoms with Gasteiger partial charge >= 0.3 is 0 Å². The first-order valence-electron chi connectivity index (χ1n) is 9.86. The highest BCUT2D eigenvalue weighted by atomic mass is 32.1. The quantitative estimate of drug-likeness (QED) is 0.230. The maximum atomic E-state index is 13.2. The van der Waals surface area contributed by atoms with Crippen molar-refractivity contribution in [2.24, 2.45) is 4.99 Å². The Morgan fingerprint density at radius 2 is 1.62 bits per heavy atom. The SMILES string of the molecule is CC(=O)c1ccc(NC(=S)NC(=NCc2ccc(F)cc2)Nc2nc(C)cc(C)n2)cc1. The number of anilines is 2. The van der Waals surface area contributed by atoms with E-state index in [0.717, 1.165) is 17.0 Å². The summed E-state index contributed by atoms with van der Waals surface area (Å²) in [6.45, 7) is 5.55. The van der Waals surface area contributed by atoms with Gasteiger partial charge in [-0.15, -0.1) is 0 Å². The molecule has 7 nitrogen and oxygen atoms in total. The van der Waals surface area contributed by atoms with Crippen LogP contribution in [0.5, 0.6) is 0 Å². The van der Waals surface area contributed by atoms with Crippen LogP contribution in [0, 0.1) is 19.7 Å². The van der Waals surface area contributed by atoms with Gasteiger partial charge in [0.1, 0.15) is 5.82 Å². The van der Waals surface area contributed by atoms with Crippen molar-refractivity contribution < 1.29 is 9.18 Å². The Hall–Kier alpha value is -3.72. The van der Waals surface area contributed by atoms with Gasteiger partial charge in [-0.05, 0) is 81.0 Å². The fourth-order valence-corrected chi connectivity index (χ4v) is 3.03. The Bertz CT molecular complexity index is 1130. The van der Waals surface area contributed by atoms with E-state index in [2.05, 4.69) is 30.9 Å². The van der Waals surface area contributed by atoms with Crippen LogP contribution in [0.25, 0.3) is 0 Å². The van der Waals surface area contributed by atoms with E-state index in [1.54, 1.807) is 36.4 Å². The highest BCUT2D eigenvalue weighted by Gasteiger charge is 2.08. The van der Waals surface area contributed by atoms with Gasteiger partial charge in [0.25, 0.3) is 0 Å². The van der Waals surface area contributed by atoms with Crippen LogP contribution in [0.2, 0.25) is 0 Å². The number of nitrogens with one attached hydrogen (secondary N) is 3. The second-order valence-corrected chi connectivity index (χ2v) is 7.51. The molecule has 164 valence electrons. The molecule has 0 saturated carbocycles. The molecule has 0 aliphatic heterocycles. The molecular weight excluding hydrogens is 427 g/mol. The second-order valence-electron chi connectivity index (χ2n) is 7.10. The number of carbonyl (C=O) groups excluding carboxylic acids is 1. The molecule has 3 aromatic rings. The number of aromatic nitrogens is 2. The van der Waals surface area contributed by atoms with E-state index in [4.69, 9.17) is 12.2 Å². The number of thiocarbonyl (C=S) groups is 1. The number of benzene rings is 2. The van der Waals surface area contributed by atoms with Crippen molar-refractivity contribution in [3.63, 3.8) is 0 Å². The molecule has 3 rings (SSSR count). The van der Waals surface area contributed by atoms with Crippen molar-refractivity contribution in [1.29, 1.82) is 0 Å². The molecule has 2 aromatic carbocycles. The first kappa shape index (κ1) is 23.0. The fourth-order valence-electron chi connectivity index (χ4n) is 2.82. The summed E-state index contributed by atoms with van der Waals surface area (Å²) < 4.78 is 13.2. The number of aliphatic imine (C=N–C) groups is 1. The average Bonchev–Trinajstić information content (AvgIpc) is 2.72. The third-order valence-electron chi connectivity index (χ3n) is 4.33. The first-order chi connectivity index (χ1) is 15.3. The van der Waals surface area contributed by atoms with Crippen LogP contribution < -0.4 is 16.0 Å². The second kappa shape index (κ2) is 10.5. The molecule has 0 aliphatic rings. The van der Waals surface area contributed by atoms with Crippen molar-refractivity contribution in [2.45, 2.75) is 27.3 Å². The number of Topliss-reactive ketones (excluding diaryl/α,β-unsaturated/α-hetero) is 1. The van der Waals surface area contributed by atoms with Crippen molar-refractivity contribution in [3.05, 3.63) is 82.9 Å². The molecule has 0 spiro atoms. The predicted octanol–water partition coefficient (Wildman–Crippen LogP) is 4.39. The third-order valence-corrected chi connectivity index (χ3v) is 4.53. The van der Waals surface area contributed by atoms with Gasteiger partial charge in [0.2, 0.25) is 11.9 Å². The normalized spacial score (nSPS) is 11.1. The summed E-state index contributed by atoms with van der Waals surface area (Å²) in [4.78, 5) is 24.7. The molecule has 0 radical (unpaired) electrons. The van der Waals surface area contributed by atoms with Crippen LogP contribution in [0.4, 0.5) is 16.0 Å². The van der Waals surface area contributed by atoms with E-state index in [0.29, 0.717) is 23.2 Å². The van der Waals surface area contributed by atoms with E-state index in [9.17, 15) is 9.18 Å². The van der Waals surface area contributed by atoms with E-state index in [1.807, 2.05) is 19.9 Å². The largest absolute Gasteiger partial charge is 0.332 e. The van der Waals surface area contributed by atoms with Crippen LogP contribution in [-0.2, 0) is 6.54 Å². The number of aryl methyl sites for hydroxylation is 2. The van der Waals surface area contributed by atoms with Gasteiger partial charge in [-0.3, -0.25) is 10.1 Å². The van der Waals surface area contributed by atoms with Gasteiger partial charge in [-0.2, -0.15) is 0 Å². The Morgan fingerprint density at radius 3 is 2.22 bits per heavy atom. The topological polar surface area (TPSA) is 91.3 Å². The minimum Gasteiger partial charge on any atom is -0.332 e. The first-order valence-corrected chi connectivity index (χ1v) is 10.3. The summed E-state index contributed by atoms with van der Waals surface area (Å²) in [6.07, 6.45) is 0. The Balaban J connectivity index is 1.75. The molecule has 1 aromatic heterocycles. The zero-order valence-corrected chi connectivity index (χ0v) is 18.8. The summed E-state index contributed by atoms with van der Waals surface area (Å²) in [6, 6.07) is 14.9. The minimum atomic E-state index is -0.306. The standard InChI is InChI=1S/C23H23FN6OS/c1-14-12-15(2)27-22(26-14)29-21(25-13-17-4-8-19(24)9-5-17)30-23(32)28-20-10-6-18(7-11-20)16(3)31/h4-12H,13H2,1-3H3,(H3,25,26,27,28,29,30,32). The van der Waals surface area contributed by atoms with Crippen molar-refractivity contribution >= 4 is 40.7 Å². The highest BCUT2D eigenvalue weighted by molar-refractivity contribution is 7.80. The molecule has 9 heteroatoms. The minimum absolute atomic E-state index is 0.00916. The number of ketones is 1. The number of carbonyl (C=O) groups is 1. The van der Waals surface area contributed by atoms with Gasteiger partial charge in [0, 0.05) is 22.6 Å². The molecule has 0 unspecified atom stereocenters. The fraction of sp³-hybridized carbons (Fsp3) is 0.174. The number of nitrogens with zero attached hydrogens (tertiary/aromatic N) is 3. The van der Waals surface area contributed by atoms with Crippen LogP contribution in [-0.4, -0.2) is 26.8 Å². The van der Waals surface area contributed by atoms with Gasteiger partial charge in [0.05, 0.1) is 6.54 Å². The zero-order chi connectivity index (χ0) is 23.1. The lowest BCUT2D eigenvalue weighted by atomic mass is 10.1. The predicted molar refractivity (Wildman–Crippen MR) is 128 cm³/mol. The van der Waals surface area contributed by atoms with E-state index >= 15 is 0 Å². The summed E-state index contributed by atoms with van der Waals surface area (Å²) >= 11 is 5.41.